The Balaban J connectivity index is 1.56. The molecule has 0 aliphatic carbocycles. The molecule has 10 heteroatoms. The van der Waals surface area contributed by atoms with Crippen LogP contribution in [0, 0.1) is 11.6 Å². The van der Waals surface area contributed by atoms with Crippen LogP contribution in [0.3, 0.4) is 0 Å². The summed E-state index contributed by atoms with van der Waals surface area (Å²) in [6.07, 6.45) is 1.13. The van der Waals surface area contributed by atoms with E-state index >= 15 is 4.39 Å². The molecule has 1 fully saturated rings. The second-order valence-corrected chi connectivity index (χ2v) is 9.96. The third-order valence-corrected chi connectivity index (χ3v) is 7.07. The minimum absolute atomic E-state index is 0.0340. The molecule has 6 nitrogen and oxygen atoms in total. The first-order chi connectivity index (χ1) is 17.6. The topological polar surface area (TPSA) is 59.1 Å². The number of carbonyl (C=O) groups excluding carboxylic acids is 2. The van der Waals surface area contributed by atoms with Gasteiger partial charge in [-0.05, 0) is 61.4 Å². The summed E-state index contributed by atoms with van der Waals surface area (Å²) in [6.45, 7) is 0.330. The predicted octanol–water partition coefficient (Wildman–Crippen LogP) is 5.64. The minimum atomic E-state index is -1.69. The number of rotatable bonds is 4. The molecule has 0 spiro atoms. The van der Waals surface area contributed by atoms with Crippen molar-refractivity contribution >= 4 is 35.0 Å². The summed E-state index contributed by atoms with van der Waals surface area (Å²) in [5.74, 6) is -3.70. The number of hydrogen-bond acceptors (Lipinski definition) is 4. The van der Waals surface area contributed by atoms with E-state index in [9.17, 15) is 14.0 Å². The smallest absolute Gasteiger partial charge is 0.307 e. The van der Waals surface area contributed by atoms with Crippen molar-refractivity contribution in [1.29, 1.82) is 0 Å². The molecule has 2 atom stereocenters. The maximum Gasteiger partial charge on any atom is 0.307 e. The van der Waals surface area contributed by atoms with Crippen molar-refractivity contribution in [2.24, 2.45) is 0 Å². The number of amides is 2. The fourth-order valence-electron chi connectivity index (χ4n) is 4.72. The van der Waals surface area contributed by atoms with Gasteiger partial charge < -0.3 is 19.3 Å². The predicted molar refractivity (Wildman–Crippen MR) is 134 cm³/mol. The van der Waals surface area contributed by atoms with Crippen LogP contribution < -0.4 is 9.47 Å². The lowest BCUT2D eigenvalue weighted by Gasteiger charge is -2.29. The number of ether oxygens (including phenoxy) is 2. The van der Waals surface area contributed by atoms with Gasteiger partial charge in [0.05, 0.1) is 16.1 Å². The molecular formula is C27H22Cl2F2N2O4. The maximum atomic E-state index is 15.3. The largest absolute Gasteiger partial charge is 0.440 e. The highest BCUT2D eigenvalue weighted by Crippen LogP contribution is 2.50. The Bertz CT molecular complexity index is 1400. The van der Waals surface area contributed by atoms with E-state index in [1.54, 1.807) is 26.2 Å². The molecule has 0 saturated carbocycles. The van der Waals surface area contributed by atoms with Gasteiger partial charge in [-0.1, -0.05) is 23.2 Å². The summed E-state index contributed by atoms with van der Waals surface area (Å²) in [6, 6.07) is 11.8. The molecule has 2 aliphatic heterocycles. The number of nitrogens with zero attached hydrogens (tertiary/aromatic N) is 2. The maximum absolute atomic E-state index is 15.3. The van der Waals surface area contributed by atoms with E-state index in [-0.39, 0.29) is 28.0 Å². The molecule has 5 rings (SSSR count). The minimum Gasteiger partial charge on any atom is -0.440 e. The Morgan fingerprint density at radius 1 is 1.00 bits per heavy atom. The molecule has 2 heterocycles. The van der Waals surface area contributed by atoms with Gasteiger partial charge in [0.15, 0.2) is 11.5 Å². The summed E-state index contributed by atoms with van der Waals surface area (Å²) >= 11 is 12.6. The zero-order valence-electron chi connectivity index (χ0n) is 19.9. The Morgan fingerprint density at radius 2 is 1.68 bits per heavy atom. The number of benzene rings is 3. The summed E-state index contributed by atoms with van der Waals surface area (Å²) in [5.41, 5.74) is 0.488. The molecule has 0 aromatic heterocycles. The van der Waals surface area contributed by atoms with E-state index < -0.39 is 29.4 Å². The van der Waals surface area contributed by atoms with Crippen LogP contribution in [0.1, 0.15) is 34.3 Å². The Hall–Kier alpha value is -3.36. The van der Waals surface area contributed by atoms with Gasteiger partial charge in [0, 0.05) is 37.3 Å². The Kier molecular flexibility index (Phi) is 6.50. The van der Waals surface area contributed by atoms with E-state index in [1.807, 2.05) is 0 Å². The zero-order valence-corrected chi connectivity index (χ0v) is 21.4. The molecule has 3 aromatic rings. The molecule has 2 amide bonds. The van der Waals surface area contributed by atoms with Gasteiger partial charge in [0.25, 0.3) is 5.91 Å². The first-order valence-electron chi connectivity index (χ1n) is 11.6. The summed E-state index contributed by atoms with van der Waals surface area (Å²) in [7, 11) is 3.22. The molecular weight excluding hydrogens is 525 g/mol. The van der Waals surface area contributed by atoms with Crippen LogP contribution in [0.4, 0.5) is 8.78 Å². The molecule has 3 aromatic carbocycles. The van der Waals surface area contributed by atoms with Crippen molar-refractivity contribution < 1.29 is 27.8 Å². The number of hydrogen-bond donors (Lipinski definition) is 0. The number of likely N-dealkylation sites (tertiary alicyclic amines) is 1. The summed E-state index contributed by atoms with van der Waals surface area (Å²) in [5, 5.41) is 0.591. The monoisotopic (exact) mass is 546 g/mol. The number of fused-ring (bicyclic) bond motifs is 1. The summed E-state index contributed by atoms with van der Waals surface area (Å²) < 4.78 is 41.5. The van der Waals surface area contributed by atoms with Crippen LogP contribution in [0.2, 0.25) is 10.0 Å². The van der Waals surface area contributed by atoms with Gasteiger partial charge in [0.2, 0.25) is 5.91 Å². The molecule has 0 radical (unpaired) electrons. The number of carbonyl (C=O) groups is 2. The molecule has 2 aliphatic rings. The third-order valence-electron chi connectivity index (χ3n) is 6.52. The normalized spacial score (nSPS) is 20.3. The van der Waals surface area contributed by atoms with Gasteiger partial charge in [-0.2, -0.15) is 0 Å². The molecule has 37 heavy (non-hydrogen) atoms. The first-order valence-corrected chi connectivity index (χ1v) is 12.3. The third kappa shape index (κ3) is 4.38. The average molecular weight is 547 g/mol. The van der Waals surface area contributed by atoms with Crippen molar-refractivity contribution in [3.8, 4) is 11.5 Å². The molecule has 192 valence electrons. The van der Waals surface area contributed by atoms with Gasteiger partial charge in [-0.25, -0.2) is 8.78 Å². The van der Waals surface area contributed by atoms with E-state index in [0.29, 0.717) is 35.5 Å². The lowest BCUT2D eigenvalue weighted by Crippen LogP contribution is -2.45. The molecule has 0 N–H and O–H groups in total. The van der Waals surface area contributed by atoms with Crippen LogP contribution in [0.25, 0.3) is 0 Å². The van der Waals surface area contributed by atoms with Gasteiger partial charge in [-0.3, -0.25) is 9.59 Å². The fourth-order valence-corrected chi connectivity index (χ4v) is 5.25. The summed E-state index contributed by atoms with van der Waals surface area (Å²) in [4.78, 5) is 28.8. The second-order valence-electron chi connectivity index (χ2n) is 9.12. The van der Waals surface area contributed by atoms with Crippen molar-refractivity contribution in [3.63, 3.8) is 0 Å². The standard InChI is InChI=1S/C27H22Cl2F2N2O4/c1-32(2)26(35)22-4-3-11-33(22)25(34)18-13-23-24(14-21(18)31)37-27(36-23,15-5-8-17(30)9-6-15)19-10-7-16(28)12-20(19)29/h5-10,12-14,22H,3-4,11H2,1-2H3/t22-,27?/m1/s1. The van der Waals surface area contributed by atoms with Gasteiger partial charge in [0.1, 0.15) is 17.7 Å². The molecule has 0 bridgehead atoms. The van der Waals surface area contributed by atoms with E-state index in [2.05, 4.69) is 0 Å². The molecule has 1 unspecified atom stereocenters. The average Bonchev–Trinajstić information content (AvgIpc) is 3.48. The zero-order chi connectivity index (χ0) is 26.5. The van der Waals surface area contributed by atoms with Crippen LogP contribution in [-0.4, -0.2) is 48.3 Å². The van der Waals surface area contributed by atoms with E-state index in [0.717, 1.165) is 6.07 Å². The second kappa shape index (κ2) is 9.50. The van der Waals surface area contributed by atoms with Crippen molar-refractivity contribution in [3.05, 3.63) is 93.0 Å². The van der Waals surface area contributed by atoms with Gasteiger partial charge in [-0.15, -0.1) is 0 Å². The highest BCUT2D eigenvalue weighted by molar-refractivity contribution is 6.35. The van der Waals surface area contributed by atoms with Crippen molar-refractivity contribution in [1.82, 2.24) is 9.80 Å². The van der Waals surface area contributed by atoms with Crippen LogP contribution in [-0.2, 0) is 10.6 Å². The van der Waals surface area contributed by atoms with Crippen LogP contribution in [0.15, 0.2) is 54.6 Å². The van der Waals surface area contributed by atoms with E-state index in [4.69, 9.17) is 32.7 Å². The lowest BCUT2D eigenvalue weighted by atomic mass is 9.97. The number of halogens is 4. The van der Waals surface area contributed by atoms with Crippen LogP contribution >= 0.6 is 23.2 Å². The quantitative estimate of drug-likeness (QED) is 0.425. The number of likely N-dealkylation sites (N-methyl/N-ethyl adjacent to an activating group) is 1. The lowest BCUT2D eigenvalue weighted by molar-refractivity contribution is -0.132. The van der Waals surface area contributed by atoms with Crippen LogP contribution in [0.5, 0.6) is 11.5 Å². The Labute approximate surface area is 222 Å². The van der Waals surface area contributed by atoms with Gasteiger partial charge >= 0.3 is 5.79 Å². The SMILES string of the molecule is CN(C)C(=O)[C@H]1CCCN1C(=O)c1cc2c(cc1F)OC(c1ccc(F)cc1)(c1ccc(Cl)cc1Cl)O2. The Morgan fingerprint density at radius 3 is 2.32 bits per heavy atom. The fraction of sp³-hybridized carbons (Fsp3) is 0.259. The van der Waals surface area contributed by atoms with Crippen molar-refractivity contribution in [2.75, 3.05) is 20.6 Å². The first kappa shape index (κ1) is 25.3. The van der Waals surface area contributed by atoms with Crippen molar-refractivity contribution in [2.45, 2.75) is 24.7 Å². The van der Waals surface area contributed by atoms with E-state index in [1.165, 1.54) is 46.2 Å². The highest BCUT2D eigenvalue weighted by Gasteiger charge is 2.48. The molecule has 1 saturated heterocycles. The highest BCUT2D eigenvalue weighted by atomic mass is 35.5.